The summed E-state index contributed by atoms with van der Waals surface area (Å²) < 4.78 is 83.2. The van der Waals surface area contributed by atoms with Crippen LogP contribution in [0.5, 0.6) is 0 Å². The van der Waals surface area contributed by atoms with Gasteiger partial charge < -0.3 is 53.5 Å². The predicted octanol–water partition coefficient (Wildman–Crippen LogP) is 13.1. The highest BCUT2D eigenvalue weighted by molar-refractivity contribution is 14.1. The van der Waals surface area contributed by atoms with Gasteiger partial charge in [-0.3, -0.25) is 42.9 Å². The second kappa shape index (κ2) is 41.4. The molecule has 0 unspecified atom stereocenters. The number of hydrogen-bond acceptors (Lipinski definition) is 26. The molecule has 5 aromatic rings. The zero-order valence-electron chi connectivity index (χ0n) is 72.9. The van der Waals surface area contributed by atoms with E-state index in [1.165, 1.54) is 22.6 Å². The number of nitrogens with one attached hydrogen (secondary N) is 1. The number of esters is 3. The maximum Gasteiger partial charge on any atom is 0.411 e. The molecule has 4 aliphatic carbocycles. The van der Waals surface area contributed by atoms with Gasteiger partial charge in [0.05, 0.1) is 54.4 Å². The molecule has 4 saturated carbocycles. The van der Waals surface area contributed by atoms with Crippen LogP contribution in [0.2, 0.25) is 0 Å². The third-order valence-corrected chi connectivity index (χ3v) is 23.3. The predicted molar refractivity (Wildman–Crippen MR) is 470 cm³/mol. The standard InChI is InChI=1S/C19H27N3O4.C17H24IN3O4.C17H23N3O4.C15H25NO7S.C8H11BrN2O.C4H8O.C3H3IN2/c1-6-13-8-9-21(20-13)12-19-10-14(16(23)25-7-2)22(15(19)11-19)17(24)26-18(3,4)5;1-5-24-14(22)11-8-17(10-20-7-6-13(18)19-20)9-12(17)21(11)15(23)25-16(2,3)4;1-5-11-6-7-19(18-11)10-17-8-12(14(21)22)20(13(17)9-17)15(23)24-16(2,3)4;1-6-21-12(17)10-7-15(9-22-24(5,19)20)8-11(15)16(10)13(18)23-14(2,3)4;1-2-12-5-6-3-4-7(9)11-8(6)10;1-2-4-5-3-1;4-3-1-2-5-6-3/h6,8-9,14-15H,1,7,10-12H2,2-5H3;6-7,11-12H,5,8-10H2,1-4H3;5-7,12-13H,1,8-10H2,2-4H3,(H,21,22);10-11H,6-9H2,1-5H3;3-4H,2,5H2,1H3,(H2,10,11);1-4H2;1-2H,(H,5,6)/t14-,15+,19-;11-,12+,17-;12-,13+,17-;10-,11+,15-;;;/m0000.../s1. The van der Waals surface area contributed by atoms with E-state index in [4.69, 9.17) is 52.5 Å². The number of hydrogen-bond donors (Lipinski definition) is 3. The van der Waals surface area contributed by atoms with Crippen molar-refractivity contribution in [2.45, 2.75) is 272 Å². The fourth-order valence-corrected chi connectivity index (χ4v) is 17.1. The molecule has 12 atom stereocenters. The summed E-state index contributed by atoms with van der Waals surface area (Å²) in [4.78, 5) is 109. The number of carboxylic acid groups (broad SMARTS) is 1. The van der Waals surface area contributed by atoms with Gasteiger partial charge in [-0.15, -0.1) is 0 Å². The Hall–Kier alpha value is -8.00. The number of fused-ring (bicyclic) bond motifs is 4. The summed E-state index contributed by atoms with van der Waals surface area (Å²) >= 11 is 7.56. The number of amides is 4. The first-order valence-electron chi connectivity index (χ1n) is 40.9. The van der Waals surface area contributed by atoms with Gasteiger partial charge in [-0.25, -0.2) is 43.3 Å². The number of halogens is 3. The topological polar surface area (TPSA) is 417 Å². The molecule has 0 spiro atoms. The van der Waals surface area contributed by atoms with Crippen LogP contribution in [0.4, 0.5) is 25.0 Å². The lowest BCUT2D eigenvalue weighted by molar-refractivity contribution is -0.149. The average Bonchev–Trinajstić information content (AvgIpc) is 1.56. The molecule has 5 saturated heterocycles. The van der Waals surface area contributed by atoms with Crippen molar-refractivity contribution in [3.8, 4) is 0 Å². The maximum atomic E-state index is 12.7. The molecule has 39 heteroatoms. The number of carbonyl (C=O) groups is 8. The van der Waals surface area contributed by atoms with E-state index in [0.29, 0.717) is 77.4 Å². The fraction of sp³-hybridized carbons (Fsp3) is 0.651. The fourth-order valence-electron chi connectivity index (χ4n) is 15.6. The quantitative estimate of drug-likeness (QED) is 0.0202. The molecule has 676 valence electrons. The molecule has 0 radical (unpaired) electrons. The van der Waals surface area contributed by atoms with Crippen molar-refractivity contribution in [3.05, 3.63) is 103 Å². The molecule has 4 amide bonds. The second-order valence-electron chi connectivity index (χ2n) is 35.5. The van der Waals surface area contributed by atoms with E-state index in [1.807, 2.05) is 113 Å². The number of rotatable bonds is 21. The number of ether oxygens (including phenoxy) is 9. The van der Waals surface area contributed by atoms with Gasteiger partial charge in [0.2, 0.25) is 0 Å². The monoisotopic (exact) mass is 2010 g/mol. The van der Waals surface area contributed by atoms with Gasteiger partial charge >= 0.3 is 48.3 Å². The van der Waals surface area contributed by atoms with Gasteiger partial charge in [0.15, 0.2) is 0 Å². The zero-order valence-corrected chi connectivity index (χ0v) is 79.6. The van der Waals surface area contributed by atoms with Crippen LogP contribution in [0, 0.1) is 29.1 Å². The molecule has 122 heavy (non-hydrogen) atoms. The Labute approximate surface area is 750 Å². The molecule has 14 rings (SSSR count). The largest absolute Gasteiger partial charge is 0.480 e. The number of pyridine rings is 1. The number of aliphatic carboxylic acids is 1. The Balaban J connectivity index is 0.000000185. The maximum absolute atomic E-state index is 12.7. The first kappa shape index (κ1) is 99.4. The van der Waals surface area contributed by atoms with Crippen molar-refractivity contribution < 1.29 is 98.7 Å². The lowest BCUT2D eigenvalue weighted by Gasteiger charge is -2.29. The Morgan fingerprint density at radius 3 is 1.22 bits per heavy atom. The zero-order chi connectivity index (χ0) is 90.5. The Bertz CT molecular complexity index is 4570. The summed E-state index contributed by atoms with van der Waals surface area (Å²) in [7, 11) is -3.59. The Morgan fingerprint density at radius 1 is 0.557 bits per heavy atom. The summed E-state index contributed by atoms with van der Waals surface area (Å²) in [6, 6.07) is 8.15. The Morgan fingerprint density at radius 2 is 0.926 bits per heavy atom. The lowest BCUT2D eigenvalue weighted by Crippen LogP contribution is -2.46. The van der Waals surface area contributed by atoms with E-state index >= 15 is 0 Å². The number of carboxylic acids is 1. The molecular weight excluding hydrogens is 1890 g/mol. The highest BCUT2D eigenvalue weighted by Gasteiger charge is 2.72. The number of anilines is 1. The van der Waals surface area contributed by atoms with Gasteiger partial charge in [0.25, 0.3) is 10.1 Å². The van der Waals surface area contributed by atoms with E-state index in [9.17, 15) is 51.9 Å². The number of nitrogens with two attached hydrogens (primary N) is 1. The van der Waals surface area contributed by atoms with Crippen molar-refractivity contribution in [2.24, 2.45) is 21.7 Å². The van der Waals surface area contributed by atoms with Gasteiger partial charge in [-0.1, -0.05) is 19.2 Å². The van der Waals surface area contributed by atoms with Crippen LogP contribution in [-0.4, -0.2) is 249 Å². The third-order valence-electron chi connectivity index (χ3n) is 21.1. The van der Waals surface area contributed by atoms with Crippen molar-refractivity contribution >= 4 is 137 Å². The SMILES string of the molecule is C1CCOC1.C=Cc1ccn(C[C@@]23C[C@@H](C(=O)O)N(C(=O)OC(C)(C)C)[C@@H]2C3)n1.C=Cc1ccn(C[C@@]23C[C@@H](C(=O)OCC)N(C(=O)OC(C)(C)C)[C@@H]2C3)n1.CCOC(=O)[C@@H]1C[C@@]2(COS(C)(=O)=O)C[C@H]2N1C(=O)OC(C)(C)C.CCOC(=O)[C@@H]1C[C@@]2(Cn3ccc(I)n3)C[C@H]2N1C(=O)OC(C)(C)C.CCOCc1ccc(Br)nc1N.Ic1ccn[nH]1. The van der Waals surface area contributed by atoms with Crippen molar-refractivity contribution in [3.63, 3.8) is 0 Å². The molecule has 5 aliphatic heterocycles. The number of likely N-dealkylation sites (tertiary alicyclic amines) is 4. The summed E-state index contributed by atoms with van der Waals surface area (Å²) in [5, 5.41) is 29.2. The van der Waals surface area contributed by atoms with E-state index in [-0.39, 0.29) is 72.2 Å². The molecule has 0 aromatic carbocycles. The highest BCUT2D eigenvalue weighted by Crippen LogP contribution is 2.64. The number of H-pyrrole nitrogens is 1. The van der Waals surface area contributed by atoms with E-state index < -0.39 is 98.4 Å². The number of nitrogens with zero attached hydrogens (tertiary/aromatic N) is 12. The van der Waals surface area contributed by atoms with Crippen molar-refractivity contribution in [1.29, 1.82) is 0 Å². The summed E-state index contributed by atoms with van der Waals surface area (Å²) in [5.74, 6) is -1.68. The van der Waals surface area contributed by atoms with Gasteiger partial charge in [0, 0.05) is 116 Å². The third kappa shape index (κ3) is 27.7. The molecular formula is C83H121BrI2N14O21S. The van der Waals surface area contributed by atoms with Crippen LogP contribution in [0.1, 0.15) is 192 Å². The van der Waals surface area contributed by atoms with Crippen LogP contribution in [0.3, 0.4) is 0 Å². The number of piperidine rings is 4. The number of nitrogen functional groups attached to an aromatic ring is 1. The van der Waals surface area contributed by atoms with E-state index in [0.717, 1.165) is 67.7 Å². The van der Waals surface area contributed by atoms with Crippen molar-refractivity contribution in [2.75, 3.05) is 58.2 Å². The van der Waals surface area contributed by atoms with Crippen LogP contribution >= 0.6 is 61.1 Å². The van der Waals surface area contributed by atoms with Crippen LogP contribution < -0.4 is 5.73 Å². The van der Waals surface area contributed by atoms with Gasteiger partial charge in [-0.2, -0.15) is 28.8 Å². The summed E-state index contributed by atoms with van der Waals surface area (Å²) in [6.07, 6.45) is 17.2. The first-order chi connectivity index (χ1) is 57.0. The number of aromatic nitrogens is 9. The molecule has 9 fully saturated rings. The minimum absolute atomic E-state index is 0.00128. The van der Waals surface area contributed by atoms with Crippen LogP contribution in [0.25, 0.3) is 12.2 Å². The van der Waals surface area contributed by atoms with Crippen LogP contribution in [0.15, 0.2) is 78.9 Å². The molecule has 4 N–H and O–H groups in total. The summed E-state index contributed by atoms with van der Waals surface area (Å²) in [5.41, 5.74) is 4.56. The molecule has 35 nitrogen and oxygen atoms in total. The second-order valence-corrected chi connectivity index (χ2v) is 40.2. The minimum Gasteiger partial charge on any atom is -0.480 e. The highest BCUT2D eigenvalue weighted by atomic mass is 127. The number of aromatic amines is 1. The first-order valence-corrected chi connectivity index (χ1v) is 45.6. The van der Waals surface area contributed by atoms with E-state index in [1.54, 1.807) is 95.1 Å². The Kier molecular flexibility index (Phi) is 33.8. The average molecular weight is 2020 g/mol. The normalized spacial score (nSPS) is 25.2. The van der Waals surface area contributed by atoms with Crippen LogP contribution in [-0.2, 0) is 102 Å². The summed E-state index contributed by atoms with van der Waals surface area (Å²) in [6.45, 7) is 42.0. The van der Waals surface area contributed by atoms with Gasteiger partial charge in [0.1, 0.15) is 60.7 Å². The molecule has 9 aliphatic rings. The molecule has 0 bridgehead atoms. The molecule has 5 aromatic heterocycles. The number of carbonyl (C=O) groups excluding carboxylic acids is 7. The molecule has 10 heterocycles. The smallest absolute Gasteiger partial charge is 0.411 e. The lowest BCUT2D eigenvalue weighted by atomic mass is 9.99. The van der Waals surface area contributed by atoms with Crippen molar-refractivity contribution in [1.82, 2.24) is 64.1 Å². The van der Waals surface area contributed by atoms with Gasteiger partial charge in [-0.05, 0) is 279 Å². The minimum atomic E-state index is -3.59. The van der Waals surface area contributed by atoms with E-state index in [2.05, 4.69) is 105 Å².